The molecule has 3 aromatic rings. The van der Waals surface area contributed by atoms with Gasteiger partial charge in [-0.15, -0.1) is 0 Å². The Labute approximate surface area is 109 Å². The van der Waals surface area contributed by atoms with Crippen LogP contribution in [0.5, 0.6) is 5.75 Å². The number of hydrogen-bond donors (Lipinski definition) is 2. The minimum atomic E-state index is -1.14. The summed E-state index contributed by atoms with van der Waals surface area (Å²) in [6.07, 6.45) is -1.14. The molecule has 4 heteroatoms. The molecule has 1 aromatic heterocycles. The summed E-state index contributed by atoms with van der Waals surface area (Å²) in [5.41, 5.74) is 1.75. The van der Waals surface area contributed by atoms with Crippen LogP contribution in [0.3, 0.4) is 0 Å². The monoisotopic (exact) mass is 255 g/mol. The summed E-state index contributed by atoms with van der Waals surface area (Å²) >= 11 is 0. The highest BCUT2D eigenvalue weighted by molar-refractivity contribution is 6.09. The number of aliphatic hydroxyl groups is 1. The van der Waals surface area contributed by atoms with Gasteiger partial charge in [0, 0.05) is 16.3 Å². The van der Waals surface area contributed by atoms with Crippen LogP contribution in [0.1, 0.15) is 6.92 Å². The van der Waals surface area contributed by atoms with Crippen LogP contribution in [0, 0.1) is 0 Å². The minimum absolute atomic E-state index is 0.430. The number of para-hydroxylation sites is 2. The maximum Gasteiger partial charge on any atom is 0.340 e. The molecule has 0 spiro atoms. The Kier molecular flexibility index (Phi) is 2.72. The Morgan fingerprint density at radius 3 is 2.68 bits per heavy atom. The lowest BCUT2D eigenvalue weighted by atomic mass is 10.1. The van der Waals surface area contributed by atoms with E-state index in [4.69, 9.17) is 4.74 Å². The molecule has 2 aromatic carbocycles. The molecular formula is C15H13NO3. The van der Waals surface area contributed by atoms with Gasteiger partial charge in [0.25, 0.3) is 0 Å². The van der Waals surface area contributed by atoms with E-state index in [1.165, 1.54) is 6.92 Å². The van der Waals surface area contributed by atoms with Crippen LogP contribution < -0.4 is 4.74 Å². The number of ether oxygens (including phenoxy) is 1. The van der Waals surface area contributed by atoms with E-state index in [2.05, 4.69) is 4.98 Å². The van der Waals surface area contributed by atoms with E-state index in [1.54, 1.807) is 6.07 Å². The second kappa shape index (κ2) is 4.40. The van der Waals surface area contributed by atoms with Gasteiger partial charge in [-0.05, 0) is 19.1 Å². The number of carbonyl (C=O) groups is 1. The van der Waals surface area contributed by atoms with Gasteiger partial charge in [0.05, 0.1) is 5.52 Å². The van der Waals surface area contributed by atoms with Crippen molar-refractivity contribution in [2.45, 2.75) is 13.0 Å². The van der Waals surface area contributed by atoms with Crippen molar-refractivity contribution in [2.75, 3.05) is 0 Å². The second-order valence-corrected chi connectivity index (χ2v) is 4.45. The summed E-state index contributed by atoms with van der Waals surface area (Å²) in [5.74, 6) is -0.231. The molecule has 0 saturated heterocycles. The first-order valence-corrected chi connectivity index (χ1v) is 6.06. The van der Waals surface area contributed by atoms with Gasteiger partial charge in [-0.1, -0.05) is 30.3 Å². The largest absolute Gasteiger partial charge is 0.422 e. The number of aliphatic hydroxyl groups excluding tert-OH is 1. The van der Waals surface area contributed by atoms with Gasteiger partial charge >= 0.3 is 5.97 Å². The first-order valence-electron chi connectivity index (χ1n) is 6.06. The Morgan fingerprint density at radius 2 is 1.89 bits per heavy atom. The summed E-state index contributed by atoms with van der Waals surface area (Å²) in [6.45, 7) is 1.38. The number of H-pyrrole nitrogens is 1. The highest BCUT2D eigenvalue weighted by atomic mass is 16.5. The van der Waals surface area contributed by atoms with Crippen LogP contribution in [-0.4, -0.2) is 22.2 Å². The zero-order chi connectivity index (χ0) is 13.4. The molecular weight excluding hydrogens is 242 g/mol. The van der Waals surface area contributed by atoms with Crippen molar-refractivity contribution < 1.29 is 14.6 Å². The van der Waals surface area contributed by atoms with Crippen LogP contribution in [0.2, 0.25) is 0 Å². The van der Waals surface area contributed by atoms with E-state index in [0.29, 0.717) is 5.75 Å². The van der Waals surface area contributed by atoms with E-state index in [9.17, 15) is 9.90 Å². The van der Waals surface area contributed by atoms with Gasteiger partial charge in [0.15, 0.2) is 5.75 Å². The van der Waals surface area contributed by atoms with Crippen molar-refractivity contribution in [2.24, 2.45) is 0 Å². The van der Waals surface area contributed by atoms with Gasteiger partial charge in [0.2, 0.25) is 0 Å². The number of rotatable bonds is 2. The molecule has 2 N–H and O–H groups in total. The predicted molar refractivity (Wildman–Crippen MR) is 73.1 cm³/mol. The SMILES string of the molecule is CC(O)C(=O)Oc1cccc2c1[nH]c1ccccc12. The second-order valence-electron chi connectivity index (χ2n) is 4.45. The smallest absolute Gasteiger partial charge is 0.340 e. The lowest BCUT2D eigenvalue weighted by molar-refractivity contribution is -0.142. The van der Waals surface area contributed by atoms with Crippen molar-refractivity contribution in [1.29, 1.82) is 0 Å². The van der Waals surface area contributed by atoms with Crippen LogP contribution in [-0.2, 0) is 4.79 Å². The summed E-state index contributed by atoms with van der Waals surface area (Å²) in [6, 6.07) is 13.4. The van der Waals surface area contributed by atoms with Gasteiger partial charge in [0.1, 0.15) is 6.10 Å². The average Bonchev–Trinajstić information content (AvgIpc) is 2.78. The molecule has 1 heterocycles. The quantitative estimate of drug-likeness (QED) is 0.546. The molecule has 0 aliphatic rings. The molecule has 0 aliphatic carbocycles. The van der Waals surface area contributed by atoms with Crippen LogP contribution in [0.4, 0.5) is 0 Å². The molecule has 0 bridgehead atoms. The van der Waals surface area contributed by atoms with Gasteiger partial charge in [-0.2, -0.15) is 0 Å². The van der Waals surface area contributed by atoms with Crippen LogP contribution in [0.15, 0.2) is 42.5 Å². The molecule has 96 valence electrons. The zero-order valence-corrected chi connectivity index (χ0v) is 10.4. The van der Waals surface area contributed by atoms with Crippen molar-refractivity contribution in [3.05, 3.63) is 42.5 Å². The lowest BCUT2D eigenvalue weighted by Gasteiger charge is -2.06. The number of benzene rings is 2. The summed E-state index contributed by atoms with van der Waals surface area (Å²) in [7, 11) is 0. The molecule has 0 radical (unpaired) electrons. The highest BCUT2D eigenvalue weighted by Crippen LogP contribution is 2.31. The molecule has 3 rings (SSSR count). The molecule has 4 nitrogen and oxygen atoms in total. The van der Waals surface area contributed by atoms with Gasteiger partial charge in [-0.3, -0.25) is 0 Å². The first-order chi connectivity index (χ1) is 9.16. The normalized spacial score (nSPS) is 12.7. The molecule has 1 unspecified atom stereocenters. The molecule has 0 amide bonds. The fraction of sp³-hybridized carbons (Fsp3) is 0.133. The number of carbonyl (C=O) groups excluding carboxylic acids is 1. The Hall–Kier alpha value is -2.33. The minimum Gasteiger partial charge on any atom is -0.422 e. The summed E-state index contributed by atoms with van der Waals surface area (Å²) in [4.78, 5) is 14.7. The van der Waals surface area contributed by atoms with E-state index in [0.717, 1.165) is 21.8 Å². The first kappa shape index (κ1) is 11.7. The van der Waals surface area contributed by atoms with Crippen molar-refractivity contribution in [3.63, 3.8) is 0 Å². The van der Waals surface area contributed by atoms with E-state index >= 15 is 0 Å². The topological polar surface area (TPSA) is 62.3 Å². The predicted octanol–water partition coefficient (Wildman–Crippen LogP) is 2.61. The average molecular weight is 255 g/mol. The van der Waals surface area contributed by atoms with Gasteiger partial charge < -0.3 is 14.8 Å². The maximum absolute atomic E-state index is 11.5. The number of hydrogen-bond acceptors (Lipinski definition) is 3. The third-order valence-electron chi connectivity index (χ3n) is 3.05. The standard InChI is InChI=1S/C15H13NO3/c1-9(17)15(18)19-13-8-4-6-11-10-5-2-3-7-12(10)16-14(11)13/h2-9,16-17H,1H3. The van der Waals surface area contributed by atoms with Crippen molar-refractivity contribution in [3.8, 4) is 5.75 Å². The summed E-state index contributed by atoms with van der Waals surface area (Å²) in [5, 5.41) is 11.3. The summed E-state index contributed by atoms with van der Waals surface area (Å²) < 4.78 is 5.20. The number of nitrogens with one attached hydrogen (secondary N) is 1. The van der Waals surface area contributed by atoms with Gasteiger partial charge in [-0.25, -0.2) is 4.79 Å². The number of esters is 1. The number of aromatic nitrogens is 1. The molecule has 0 fully saturated rings. The Bertz CT molecular complexity index is 758. The van der Waals surface area contributed by atoms with E-state index in [1.807, 2.05) is 36.4 Å². The third kappa shape index (κ3) is 1.96. The van der Waals surface area contributed by atoms with E-state index < -0.39 is 12.1 Å². The molecule has 1 atom stereocenters. The van der Waals surface area contributed by atoms with Crippen LogP contribution >= 0.6 is 0 Å². The van der Waals surface area contributed by atoms with Crippen molar-refractivity contribution >= 4 is 27.8 Å². The zero-order valence-electron chi connectivity index (χ0n) is 10.4. The fourth-order valence-corrected chi connectivity index (χ4v) is 2.12. The third-order valence-corrected chi connectivity index (χ3v) is 3.05. The highest BCUT2D eigenvalue weighted by Gasteiger charge is 2.15. The number of fused-ring (bicyclic) bond motifs is 3. The van der Waals surface area contributed by atoms with E-state index in [-0.39, 0.29) is 0 Å². The molecule has 0 saturated carbocycles. The Balaban J connectivity index is 2.18. The van der Waals surface area contributed by atoms with Crippen LogP contribution in [0.25, 0.3) is 21.8 Å². The molecule has 0 aliphatic heterocycles. The fourth-order valence-electron chi connectivity index (χ4n) is 2.12. The number of aromatic amines is 1. The Morgan fingerprint density at radius 1 is 1.16 bits per heavy atom. The van der Waals surface area contributed by atoms with Crippen molar-refractivity contribution in [1.82, 2.24) is 4.98 Å². The molecule has 19 heavy (non-hydrogen) atoms. The lowest BCUT2D eigenvalue weighted by Crippen LogP contribution is -2.22. The maximum atomic E-state index is 11.5.